The highest BCUT2D eigenvalue weighted by molar-refractivity contribution is 6.05. The normalized spacial score (nSPS) is 10.3. The van der Waals surface area contributed by atoms with Crippen molar-refractivity contribution in [1.29, 1.82) is 0 Å². The second kappa shape index (κ2) is 5.10. The number of aryl methyl sites for hydroxylation is 2. The second-order valence-electron chi connectivity index (χ2n) is 4.55. The van der Waals surface area contributed by atoms with Gasteiger partial charge in [0.2, 0.25) is 0 Å². The van der Waals surface area contributed by atoms with Crippen molar-refractivity contribution in [1.82, 2.24) is 0 Å². The van der Waals surface area contributed by atoms with E-state index in [-0.39, 0.29) is 11.6 Å². The molecule has 19 heavy (non-hydrogen) atoms. The summed E-state index contributed by atoms with van der Waals surface area (Å²) in [6.07, 6.45) is 0. The molecule has 3 N–H and O–H groups in total. The first kappa shape index (κ1) is 13.1. The van der Waals surface area contributed by atoms with Crippen molar-refractivity contribution in [2.24, 2.45) is 0 Å². The molecule has 0 bridgehead atoms. The lowest BCUT2D eigenvalue weighted by atomic mass is 10.1. The number of anilines is 2. The van der Waals surface area contributed by atoms with Gasteiger partial charge in [-0.2, -0.15) is 0 Å². The second-order valence-corrected chi connectivity index (χ2v) is 4.55. The number of rotatable bonds is 2. The van der Waals surface area contributed by atoms with Gasteiger partial charge in [-0.25, -0.2) is 4.39 Å². The highest BCUT2D eigenvalue weighted by atomic mass is 19.1. The number of benzene rings is 2. The fourth-order valence-corrected chi connectivity index (χ4v) is 1.95. The molecule has 2 aromatic carbocycles. The lowest BCUT2D eigenvalue weighted by molar-refractivity contribution is 0.102. The van der Waals surface area contributed by atoms with E-state index < -0.39 is 5.82 Å². The molecule has 2 aromatic rings. The van der Waals surface area contributed by atoms with E-state index in [1.54, 1.807) is 6.07 Å². The van der Waals surface area contributed by atoms with Gasteiger partial charge in [-0.15, -0.1) is 0 Å². The van der Waals surface area contributed by atoms with Crippen LogP contribution in [0.3, 0.4) is 0 Å². The van der Waals surface area contributed by atoms with Crippen molar-refractivity contribution in [3.63, 3.8) is 0 Å². The monoisotopic (exact) mass is 258 g/mol. The Bertz CT molecular complexity index is 618. The minimum absolute atomic E-state index is 0.274. The number of nitrogen functional groups attached to an aromatic ring is 1. The topological polar surface area (TPSA) is 55.1 Å². The Balaban J connectivity index is 2.25. The van der Waals surface area contributed by atoms with Crippen molar-refractivity contribution in [2.45, 2.75) is 13.8 Å². The predicted octanol–water partition coefficient (Wildman–Crippen LogP) is 3.28. The maximum Gasteiger partial charge on any atom is 0.255 e. The van der Waals surface area contributed by atoms with Gasteiger partial charge in [-0.3, -0.25) is 4.79 Å². The molecular weight excluding hydrogens is 243 g/mol. The SMILES string of the molecule is Cc1ccc(C(=O)Nc2cc(N)cc(F)c2)c(C)c1. The molecule has 0 aliphatic heterocycles. The van der Waals surface area contributed by atoms with Gasteiger partial charge in [0.25, 0.3) is 5.91 Å². The van der Waals surface area contributed by atoms with E-state index >= 15 is 0 Å². The molecule has 0 aliphatic rings. The molecule has 0 radical (unpaired) electrons. The fourth-order valence-electron chi connectivity index (χ4n) is 1.95. The molecule has 0 fully saturated rings. The Morgan fingerprint density at radius 2 is 1.89 bits per heavy atom. The summed E-state index contributed by atoms with van der Waals surface area (Å²) in [5.74, 6) is -0.751. The number of carbonyl (C=O) groups is 1. The standard InChI is InChI=1S/C15H15FN2O/c1-9-3-4-14(10(2)5-9)15(19)18-13-7-11(16)6-12(17)8-13/h3-8H,17H2,1-2H3,(H,18,19). The van der Waals surface area contributed by atoms with Crippen LogP contribution in [0, 0.1) is 19.7 Å². The van der Waals surface area contributed by atoms with E-state index in [2.05, 4.69) is 5.32 Å². The van der Waals surface area contributed by atoms with Crippen molar-refractivity contribution in [2.75, 3.05) is 11.1 Å². The average molecular weight is 258 g/mol. The quantitative estimate of drug-likeness (QED) is 0.812. The van der Waals surface area contributed by atoms with E-state index in [0.29, 0.717) is 11.3 Å². The van der Waals surface area contributed by atoms with Crippen LogP contribution in [0.1, 0.15) is 21.5 Å². The number of halogens is 1. The first-order chi connectivity index (χ1) is 8.95. The third-order valence-corrected chi connectivity index (χ3v) is 2.80. The van der Waals surface area contributed by atoms with E-state index in [9.17, 15) is 9.18 Å². The number of hydrogen-bond donors (Lipinski definition) is 2. The third kappa shape index (κ3) is 3.10. The van der Waals surface area contributed by atoms with E-state index in [1.807, 2.05) is 26.0 Å². The van der Waals surface area contributed by atoms with Crippen LogP contribution in [0.25, 0.3) is 0 Å². The number of hydrogen-bond acceptors (Lipinski definition) is 2. The van der Waals surface area contributed by atoms with Crippen LogP contribution in [0.4, 0.5) is 15.8 Å². The van der Waals surface area contributed by atoms with Crippen LogP contribution in [0.5, 0.6) is 0 Å². The highest BCUT2D eigenvalue weighted by Crippen LogP contribution is 2.18. The van der Waals surface area contributed by atoms with Crippen LogP contribution in [0.15, 0.2) is 36.4 Å². The van der Waals surface area contributed by atoms with Crippen LogP contribution >= 0.6 is 0 Å². The number of amides is 1. The molecule has 0 saturated carbocycles. The lowest BCUT2D eigenvalue weighted by Crippen LogP contribution is -2.13. The van der Waals surface area contributed by atoms with Gasteiger partial charge in [-0.05, 0) is 43.7 Å². The summed E-state index contributed by atoms with van der Waals surface area (Å²) in [6, 6.07) is 9.49. The molecular formula is C15H15FN2O. The van der Waals surface area contributed by atoms with Gasteiger partial charge in [-0.1, -0.05) is 17.7 Å². The fraction of sp³-hybridized carbons (Fsp3) is 0.133. The number of carbonyl (C=O) groups excluding carboxylic acids is 1. The summed E-state index contributed by atoms with van der Waals surface area (Å²) in [7, 11) is 0. The molecule has 1 amide bonds. The maximum absolute atomic E-state index is 13.2. The Kier molecular flexibility index (Phi) is 3.51. The van der Waals surface area contributed by atoms with Crippen molar-refractivity contribution in [3.05, 3.63) is 58.9 Å². The largest absolute Gasteiger partial charge is 0.399 e. The lowest BCUT2D eigenvalue weighted by Gasteiger charge is -2.09. The summed E-state index contributed by atoms with van der Waals surface area (Å²) in [4.78, 5) is 12.1. The molecule has 3 nitrogen and oxygen atoms in total. The first-order valence-electron chi connectivity index (χ1n) is 5.90. The van der Waals surface area contributed by atoms with Gasteiger partial charge in [0.1, 0.15) is 5.82 Å². The molecule has 0 aliphatic carbocycles. The van der Waals surface area contributed by atoms with Gasteiger partial charge in [0.05, 0.1) is 0 Å². The van der Waals surface area contributed by atoms with E-state index in [0.717, 1.165) is 11.1 Å². The minimum Gasteiger partial charge on any atom is -0.399 e. The Hall–Kier alpha value is -2.36. The Labute approximate surface area is 111 Å². The number of nitrogens with two attached hydrogens (primary N) is 1. The van der Waals surface area contributed by atoms with Gasteiger partial charge in [0.15, 0.2) is 0 Å². The first-order valence-corrected chi connectivity index (χ1v) is 5.90. The Morgan fingerprint density at radius 3 is 2.53 bits per heavy atom. The molecule has 0 aromatic heterocycles. The smallest absolute Gasteiger partial charge is 0.255 e. The molecule has 0 saturated heterocycles. The van der Waals surface area contributed by atoms with Gasteiger partial charge < -0.3 is 11.1 Å². The van der Waals surface area contributed by atoms with Crippen LogP contribution < -0.4 is 11.1 Å². The van der Waals surface area contributed by atoms with Crippen LogP contribution in [-0.4, -0.2) is 5.91 Å². The summed E-state index contributed by atoms with van der Waals surface area (Å²) >= 11 is 0. The summed E-state index contributed by atoms with van der Waals surface area (Å²) in [5.41, 5.74) is 8.68. The molecule has 2 rings (SSSR count). The maximum atomic E-state index is 13.2. The van der Waals surface area contributed by atoms with Crippen LogP contribution in [0.2, 0.25) is 0 Å². The summed E-state index contributed by atoms with van der Waals surface area (Å²) in [5, 5.41) is 2.64. The van der Waals surface area contributed by atoms with Crippen molar-refractivity contribution in [3.8, 4) is 0 Å². The highest BCUT2D eigenvalue weighted by Gasteiger charge is 2.10. The zero-order chi connectivity index (χ0) is 14.0. The summed E-state index contributed by atoms with van der Waals surface area (Å²) in [6.45, 7) is 3.82. The molecule has 0 spiro atoms. The van der Waals surface area contributed by atoms with Gasteiger partial charge >= 0.3 is 0 Å². The number of nitrogens with one attached hydrogen (secondary N) is 1. The van der Waals surface area contributed by atoms with Crippen molar-refractivity contribution < 1.29 is 9.18 Å². The molecule has 0 atom stereocenters. The Morgan fingerprint density at radius 1 is 1.16 bits per heavy atom. The average Bonchev–Trinajstić information content (AvgIpc) is 2.26. The van der Waals surface area contributed by atoms with Gasteiger partial charge in [0, 0.05) is 16.9 Å². The predicted molar refractivity (Wildman–Crippen MR) is 74.7 cm³/mol. The molecule has 0 unspecified atom stereocenters. The zero-order valence-corrected chi connectivity index (χ0v) is 10.8. The molecule has 4 heteroatoms. The van der Waals surface area contributed by atoms with Crippen LogP contribution in [-0.2, 0) is 0 Å². The molecule has 0 heterocycles. The summed E-state index contributed by atoms with van der Waals surface area (Å²) < 4.78 is 13.2. The van der Waals surface area contributed by atoms with E-state index in [4.69, 9.17) is 5.73 Å². The molecule has 98 valence electrons. The van der Waals surface area contributed by atoms with E-state index in [1.165, 1.54) is 18.2 Å². The van der Waals surface area contributed by atoms with Crippen molar-refractivity contribution >= 4 is 17.3 Å². The minimum atomic E-state index is -0.476. The zero-order valence-electron chi connectivity index (χ0n) is 10.8. The third-order valence-electron chi connectivity index (χ3n) is 2.80.